The lowest BCUT2D eigenvalue weighted by Gasteiger charge is -2.42. The minimum absolute atomic E-state index is 0.111. The van der Waals surface area contributed by atoms with Gasteiger partial charge in [-0.1, -0.05) is 20.8 Å². The molecule has 0 aromatic carbocycles. The Labute approximate surface area is 132 Å². The molecule has 5 heteroatoms. The molecular formula is C16H29N3OS. The number of aromatic nitrogens is 1. The Kier molecular flexibility index (Phi) is 5.41. The monoisotopic (exact) mass is 311 g/mol. The molecule has 1 aliphatic heterocycles. The Morgan fingerprint density at radius 2 is 2.19 bits per heavy atom. The van der Waals surface area contributed by atoms with E-state index in [0.717, 1.165) is 19.7 Å². The van der Waals surface area contributed by atoms with Crippen LogP contribution < -0.4 is 5.32 Å². The van der Waals surface area contributed by atoms with Gasteiger partial charge in [0.1, 0.15) is 0 Å². The first-order chi connectivity index (χ1) is 9.84. The van der Waals surface area contributed by atoms with Crippen molar-refractivity contribution in [3.05, 3.63) is 16.1 Å². The maximum absolute atomic E-state index is 6.02. The van der Waals surface area contributed by atoms with Crippen LogP contribution >= 0.6 is 11.3 Å². The lowest BCUT2D eigenvalue weighted by Crippen LogP contribution is -2.51. The number of rotatable bonds is 4. The summed E-state index contributed by atoms with van der Waals surface area (Å²) in [6, 6.07) is 0.747. The van der Waals surface area contributed by atoms with Crippen molar-refractivity contribution in [1.82, 2.24) is 15.2 Å². The smallest absolute Gasteiger partial charge is 0.0982 e. The zero-order valence-electron chi connectivity index (χ0n) is 14.1. The number of hydrogen-bond acceptors (Lipinski definition) is 5. The van der Waals surface area contributed by atoms with E-state index in [1.54, 1.807) is 11.3 Å². The van der Waals surface area contributed by atoms with Gasteiger partial charge in [0.2, 0.25) is 0 Å². The van der Waals surface area contributed by atoms with Gasteiger partial charge in [-0.2, -0.15) is 0 Å². The Morgan fingerprint density at radius 3 is 2.71 bits per heavy atom. The lowest BCUT2D eigenvalue weighted by molar-refractivity contribution is -0.0827. The van der Waals surface area contributed by atoms with Gasteiger partial charge < -0.3 is 10.1 Å². The molecule has 2 heterocycles. The zero-order valence-corrected chi connectivity index (χ0v) is 15.0. The highest BCUT2D eigenvalue weighted by Gasteiger charge is 2.36. The van der Waals surface area contributed by atoms with E-state index in [4.69, 9.17) is 9.72 Å². The van der Waals surface area contributed by atoms with Gasteiger partial charge in [-0.3, -0.25) is 4.90 Å². The highest BCUT2D eigenvalue weighted by atomic mass is 32.1. The number of morpholine rings is 1. The van der Waals surface area contributed by atoms with Crippen molar-refractivity contribution in [2.45, 2.75) is 58.2 Å². The summed E-state index contributed by atoms with van der Waals surface area (Å²) < 4.78 is 6.02. The first-order valence-electron chi connectivity index (χ1n) is 7.82. The van der Waals surface area contributed by atoms with Crippen molar-refractivity contribution in [1.29, 1.82) is 0 Å². The summed E-state index contributed by atoms with van der Waals surface area (Å²) >= 11 is 1.77. The molecule has 0 saturated carbocycles. The fourth-order valence-corrected chi connectivity index (χ4v) is 3.77. The first-order valence-corrected chi connectivity index (χ1v) is 8.70. The first kappa shape index (κ1) is 16.9. The third-order valence-electron chi connectivity index (χ3n) is 3.93. The van der Waals surface area contributed by atoms with E-state index < -0.39 is 0 Å². The van der Waals surface area contributed by atoms with Crippen molar-refractivity contribution in [3.63, 3.8) is 0 Å². The summed E-state index contributed by atoms with van der Waals surface area (Å²) in [5, 5.41) is 6.68. The van der Waals surface area contributed by atoms with Crippen LogP contribution in [0.1, 0.15) is 51.4 Å². The highest BCUT2D eigenvalue weighted by Crippen LogP contribution is 2.34. The van der Waals surface area contributed by atoms with Crippen LogP contribution in [-0.2, 0) is 10.2 Å². The van der Waals surface area contributed by atoms with Crippen molar-refractivity contribution < 1.29 is 4.74 Å². The number of likely N-dealkylation sites (N-methyl/N-ethyl adjacent to an activating group) is 1. The van der Waals surface area contributed by atoms with Crippen LogP contribution in [0.25, 0.3) is 0 Å². The highest BCUT2D eigenvalue weighted by molar-refractivity contribution is 7.09. The maximum Gasteiger partial charge on any atom is 0.0982 e. The predicted molar refractivity (Wildman–Crippen MR) is 89.1 cm³/mol. The van der Waals surface area contributed by atoms with Gasteiger partial charge in [0, 0.05) is 29.9 Å². The molecule has 0 bridgehead atoms. The molecule has 4 nitrogen and oxygen atoms in total. The SMILES string of the molecule is CNCC1OCCN(C(C)C)C1c1csc(C(C)(C)C)n1. The zero-order chi connectivity index (χ0) is 15.6. The van der Waals surface area contributed by atoms with E-state index in [1.807, 2.05) is 7.05 Å². The maximum atomic E-state index is 6.02. The van der Waals surface area contributed by atoms with Gasteiger partial charge in [0.05, 0.1) is 29.5 Å². The molecule has 1 aromatic rings. The van der Waals surface area contributed by atoms with E-state index in [2.05, 4.69) is 50.2 Å². The Balaban J connectivity index is 2.31. The predicted octanol–water partition coefficient (Wildman–Crippen LogP) is 2.81. The minimum atomic E-state index is 0.111. The molecule has 0 aliphatic carbocycles. The van der Waals surface area contributed by atoms with Crippen LogP contribution in [0.5, 0.6) is 0 Å². The Hall–Kier alpha value is -0.490. The quantitative estimate of drug-likeness (QED) is 0.928. The fraction of sp³-hybridized carbons (Fsp3) is 0.812. The van der Waals surface area contributed by atoms with Gasteiger partial charge >= 0.3 is 0 Å². The van der Waals surface area contributed by atoms with Gasteiger partial charge in [-0.05, 0) is 20.9 Å². The van der Waals surface area contributed by atoms with E-state index >= 15 is 0 Å². The molecule has 1 aromatic heterocycles. The summed E-state index contributed by atoms with van der Waals surface area (Å²) in [6.07, 6.45) is 0.168. The van der Waals surface area contributed by atoms with E-state index in [0.29, 0.717) is 6.04 Å². The molecule has 21 heavy (non-hydrogen) atoms. The third kappa shape index (κ3) is 3.83. The third-order valence-corrected chi connectivity index (χ3v) is 5.21. The molecular weight excluding hydrogens is 282 g/mol. The molecule has 0 amide bonds. The molecule has 1 fully saturated rings. The van der Waals surface area contributed by atoms with Gasteiger partial charge in [-0.15, -0.1) is 11.3 Å². The lowest BCUT2D eigenvalue weighted by atomic mass is 9.97. The number of hydrogen-bond donors (Lipinski definition) is 1. The normalized spacial score (nSPS) is 24.7. The average molecular weight is 311 g/mol. The molecule has 2 unspecified atom stereocenters. The van der Waals surface area contributed by atoms with Crippen molar-refractivity contribution >= 4 is 11.3 Å². The fourth-order valence-electron chi connectivity index (χ4n) is 2.83. The standard InChI is InChI=1S/C16H29N3OS/c1-11(2)19-7-8-20-13(9-17-6)14(19)12-10-21-15(18-12)16(3,4)5/h10-11,13-14,17H,7-9H2,1-6H3. The summed E-state index contributed by atoms with van der Waals surface area (Å²) in [7, 11) is 1.98. The number of ether oxygens (including phenoxy) is 1. The van der Waals surface area contributed by atoms with Crippen LogP contribution in [-0.4, -0.2) is 48.8 Å². The van der Waals surface area contributed by atoms with Crippen LogP contribution in [0.3, 0.4) is 0 Å². The largest absolute Gasteiger partial charge is 0.374 e. The molecule has 2 atom stereocenters. The second-order valence-electron chi connectivity index (χ2n) is 7.07. The topological polar surface area (TPSA) is 37.4 Å². The van der Waals surface area contributed by atoms with Crippen LogP contribution in [0, 0.1) is 0 Å². The van der Waals surface area contributed by atoms with E-state index in [9.17, 15) is 0 Å². The molecule has 0 spiro atoms. The molecule has 1 N–H and O–H groups in total. The number of nitrogens with zero attached hydrogens (tertiary/aromatic N) is 2. The number of nitrogens with one attached hydrogen (secondary N) is 1. The van der Waals surface area contributed by atoms with Crippen LogP contribution in [0.2, 0.25) is 0 Å². The summed E-state index contributed by atoms with van der Waals surface area (Å²) in [5.74, 6) is 0. The second-order valence-corrected chi connectivity index (χ2v) is 7.93. The molecule has 120 valence electrons. The van der Waals surface area contributed by atoms with Crippen molar-refractivity contribution in [2.75, 3.05) is 26.7 Å². The summed E-state index contributed by atoms with van der Waals surface area (Å²) in [5.41, 5.74) is 1.28. The van der Waals surface area contributed by atoms with Crippen molar-refractivity contribution in [2.24, 2.45) is 0 Å². The van der Waals surface area contributed by atoms with Gasteiger partial charge in [-0.25, -0.2) is 4.98 Å². The Morgan fingerprint density at radius 1 is 1.48 bits per heavy atom. The van der Waals surface area contributed by atoms with Gasteiger partial charge in [0.15, 0.2) is 0 Å². The van der Waals surface area contributed by atoms with Crippen molar-refractivity contribution in [3.8, 4) is 0 Å². The molecule has 0 radical (unpaired) electrons. The van der Waals surface area contributed by atoms with E-state index in [1.165, 1.54) is 10.7 Å². The number of thiazole rings is 1. The van der Waals surface area contributed by atoms with E-state index in [-0.39, 0.29) is 17.6 Å². The Bertz CT molecular complexity index is 451. The second kappa shape index (κ2) is 6.73. The summed E-state index contributed by atoms with van der Waals surface area (Å²) in [4.78, 5) is 7.46. The molecule has 2 rings (SSSR count). The van der Waals surface area contributed by atoms with Crippen LogP contribution in [0.4, 0.5) is 0 Å². The molecule has 1 saturated heterocycles. The average Bonchev–Trinajstić information content (AvgIpc) is 2.88. The summed E-state index contributed by atoms with van der Waals surface area (Å²) in [6.45, 7) is 13.8. The minimum Gasteiger partial charge on any atom is -0.374 e. The van der Waals surface area contributed by atoms with Gasteiger partial charge in [0.25, 0.3) is 0 Å². The van der Waals surface area contributed by atoms with Crippen LogP contribution in [0.15, 0.2) is 5.38 Å². The molecule has 1 aliphatic rings.